The first kappa shape index (κ1) is 19.1. The van der Waals surface area contributed by atoms with Crippen molar-refractivity contribution < 1.29 is 27.5 Å². The number of methoxy groups -OCH3 is 2. The van der Waals surface area contributed by atoms with Crippen LogP contribution in [-0.2, 0) is 19.5 Å². The first-order chi connectivity index (χ1) is 12.8. The molecule has 0 spiro atoms. The van der Waals surface area contributed by atoms with Crippen molar-refractivity contribution in [2.24, 2.45) is 0 Å². The van der Waals surface area contributed by atoms with E-state index in [1.54, 1.807) is 30.3 Å². The zero-order valence-corrected chi connectivity index (χ0v) is 16.7. The molecule has 0 atom stereocenters. The van der Waals surface area contributed by atoms with Crippen molar-refractivity contribution in [3.63, 3.8) is 0 Å². The smallest absolute Gasteiger partial charge is 0.356 e. The highest BCUT2D eigenvalue weighted by molar-refractivity contribution is 9.10. The van der Waals surface area contributed by atoms with E-state index in [4.69, 9.17) is 9.47 Å². The largest absolute Gasteiger partial charge is 0.465 e. The average Bonchev–Trinajstić information content (AvgIpc) is 3.03. The Kier molecular flexibility index (Phi) is 5.07. The van der Waals surface area contributed by atoms with Gasteiger partial charge in [-0.3, -0.25) is 0 Å². The van der Waals surface area contributed by atoms with Gasteiger partial charge in [-0.25, -0.2) is 22.0 Å². The minimum absolute atomic E-state index is 0.0481. The van der Waals surface area contributed by atoms with Gasteiger partial charge >= 0.3 is 11.9 Å². The van der Waals surface area contributed by atoms with E-state index in [1.807, 2.05) is 0 Å². The standard InChI is InChI=1S/C18H14BrNO6S/c1-25-17(21)15-13-5-3-4-6-14(13)20(16(15)18(22)26-2)27(23,24)12-9-7-11(19)8-10-12/h3-10H,1-2H3. The molecule has 0 bridgehead atoms. The van der Waals surface area contributed by atoms with E-state index in [9.17, 15) is 18.0 Å². The van der Waals surface area contributed by atoms with E-state index < -0.39 is 27.7 Å². The second-order valence-electron chi connectivity index (χ2n) is 5.45. The minimum Gasteiger partial charge on any atom is -0.465 e. The Morgan fingerprint density at radius 1 is 0.926 bits per heavy atom. The van der Waals surface area contributed by atoms with Gasteiger partial charge in [0, 0.05) is 9.86 Å². The van der Waals surface area contributed by atoms with Crippen molar-refractivity contribution in [1.82, 2.24) is 3.97 Å². The minimum atomic E-state index is -4.20. The summed E-state index contributed by atoms with van der Waals surface area (Å²) < 4.78 is 37.7. The van der Waals surface area contributed by atoms with Crippen LogP contribution in [0.15, 0.2) is 57.9 Å². The van der Waals surface area contributed by atoms with Crippen LogP contribution in [0.5, 0.6) is 0 Å². The van der Waals surface area contributed by atoms with E-state index in [1.165, 1.54) is 18.2 Å². The van der Waals surface area contributed by atoms with Crippen LogP contribution < -0.4 is 0 Å². The Morgan fingerprint density at radius 2 is 1.52 bits per heavy atom. The normalized spacial score (nSPS) is 11.4. The van der Waals surface area contributed by atoms with Crippen LogP contribution in [0.25, 0.3) is 10.9 Å². The van der Waals surface area contributed by atoms with Crippen LogP contribution in [0.1, 0.15) is 20.8 Å². The zero-order valence-electron chi connectivity index (χ0n) is 14.3. The van der Waals surface area contributed by atoms with Gasteiger partial charge in [0.25, 0.3) is 10.0 Å². The van der Waals surface area contributed by atoms with Crippen molar-refractivity contribution in [3.05, 3.63) is 64.3 Å². The third kappa shape index (κ3) is 3.13. The van der Waals surface area contributed by atoms with Gasteiger partial charge in [0.2, 0.25) is 0 Å². The highest BCUT2D eigenvalue weighted by Crippen LogP contribution is 2.31. The zero-order chi connectivity index (χ0) is 19.8. The van der Waals surface area contributed by atoms with E-state index in [0.717, 1.165) is 18.2 Å². The molecule has 9 heteroatoms. The van der Waals surface area contributed by atoms with Crippen LogP contribution in [0.4, 0.5) is 0 Å². The lowest BCUT2D eigenvalue weighted by Gasteiger charge is -2.11. The lowest BCUT2D eigenvalue weighted by Crippen LogP contribution is -2.21. The molecule has 0 saturated carbocycles. The summed E-state index contributed by atoms with van der Waals surface area (Å²) in [6, 6.07) is 12.2. The highest BCUT2D eigenvalue weighted by Gasteiger charge is 2.34. The van der Waals surface area contributed by atoms with Crippen molar-refractivity contribution in [3.8, 4) is 0 Å². The first-order valence-corrected chi connectivity index (χ1v) is 9.87. The fraction of sp³-hybridized carbons (Fsp3) is 0.111. The summed E-state index contributed by atoms with van der Waals surface area (Å²) in [5.74, 6) is -1.80. The van der Waals surface area contributed by atoms with E-state index >= 15 is 0 Å². The number of halogens is 1. The topological polar surface area (TPSA) is 91.7 Å². The number of fused-ring (bicyclic) bond motifs is 1. The van der Waals surface area contributed by atoms with Gasteiger partial charge in [-0.15, -0.1) is 0 Å². The molecule has 3 aromatic rings. The fourth-order valence-corrected chi connectivity index (χ4v) is 4.54. The molecule has 0 aliphatic heterocycles. The van der Waals surface area contributed by atoms with Gasteiger partial charge in [-0.2, -0.15) is 0 Å². The van der Waals surface area contributed by atoms with E-state index in [0.29, 0.717) is 4.47 Å². The number of aromatic nitrogens is 1. The molecule has 0 amide bonds. The number of hydrogen-bond donors (Lipinski definition) is 0. The Balaban J connectivity index is 2.47. The number of hydrogen-bond acceptors (Lipinski definition) is 6. The molecule has 27 heavy (non-hydrogen) atoms. The Labute approximate surface area is 163 Å². The Morgan fingerprint density at radius 3 is 2.11 bits per heavy atom. The third-order valence-electron chi connectivity index (χ3n) is 3.95. The molecule has 0 aliphatic rings. The maximum Gasteiger partial charge on any atom is 0.356 e. The van der Waals surface area contributed by atoms with Gasteiger partial charge in [0.1, 0.15) is 5.56 Å². The molecule has 7 nitrogen and oxygen atoms in total. The molecule has 2 aromatic carbocycles. The van der Waals surface area contributed by atoms with Crippen LogP contribution in [0, 0.1) is 0 Å². The first-order valence-electron chi connectivity index (χ1n) is 7.64. The van der Waals surface area contributed by atoms with Crippen molar-refractivity contribution in [2.75, 3.05) is 14.2 Å². The molecule has 0 unspecified atom stereocenters. The maximum absolute atomic E-state index is 13.3. The molecule has 1 heterocycles. The summed E-state index contributed by atoms with van der Waals surface area (Å²) in [4.78, 5) is 24.8. The number of benzene rings is 2. The number of ether oxygens (including phenoxy) is 2. The quantitative estimate of drug-likeness (QED) is 0.565. The summed E-state index contributed by atoms with van der Waals surface area (Å²) in [6.07, 6.45) is 0. The summed E-state index contributed by atoms with van der Waals surface area (Å²) in [5, 5.41) is 0.269. The van der Waals surface area contributed by atoms with Crippen molar-refractivity contribution in [2.45, 2.75) is 4.90 Å². The monoisotopic (exact) mass is 451 g/mol. The number of rotatable bonds is 4. The SMILES string of the molecule is COC(=O)c1c(C(=O)OC)n(S(=O)(=O)c2ccc(Br)cc2)c2ccccc12. The summed E-state index contributed by atoms with van der Waals surface area (Å²) in [5.41, 5.74) is -0.407. The molecule has 3 rings (SSSR count). The second-order valence-corrected chi connectivity index (χ2v) is 8.15. The van der Waals surface area contributed by atoms with Gasteiger partial charge in [-0.1, -0.05) is 34.1 Å². The lowest BCUT2D eigenvalue weighted by molar-refractivity contribution is 0.0552. The number of para-hydroxylation sites is 1. The molecule has 140 valence electrons. The Hall–Kier alpha value is -2.65. The van der Waals surface area contributed by atoms with Crippen LogP contribution >= 0.6 is 15.9 Å². The van der Waals surface area contributed by atoms with E-state index in [2.05, 4.69) is 15.9 Å². The maximum atomic E-state index is 13.3. The second kappa shape index (κ2) is 7.16. The highest BCUT2D eigenvalue weighted by atomic mass is 79.9. The molecule has 0 aliphatic carbocycles. The summed E-state index contributed by atoms with van der Waals surface area (Å²) in [6.45, 7) is 0. The molecule has 0 fully saturated rings. The van der Waals surface area contributed by atoms with Crippen LogP contribution in [0.3, 0.4) is 0 Å². The fourth-order valence-electron chi connectivity index (χ4n) is 2.76. The molecular formula is C18H14BrNO6S. The average molecular weight is 452 g/mol. The predicted molar refractivity (Wildman–Crippen MR) is 101 cm³/mol. The number of carbonyl (C=O) groups excluding carboxylic acids is 2. The van der Waals surface area contributed by atoms with Crippen molar-refractivity contribution in [1.29, 1.82) is 0 Å². The molecular weight excluding hydrogens is 438 g/mol. The van der Waals surface area contributed by atoms with Crippen molar-refractivity contribution >= 4 is 48.8 Å². The number of nitrogens with zero attached hydrogens (tertiary/aromatic N) is 1. The van der Waals surface area contributed by atoms with Crippen LogP contribution in [-0.4, -0.2) is 38.5 Å². The van der Waals surface area contributed by atoms with Crippen LogP contribution in [0.2, 0.25) is 0 Å². The predicted octanol–water partition coefficient (Wildman–Crippen LogP) is 3.21. The molecule has 1 aromatic heterocycles. The van der Waals surface area contributed by atoms with Gasteiger partial charge in [0.05, 0.1) is 24.6 Å². The van der Waals surface area contributed by atoms with Gasteiger partial charge in [-0.05, 0) is 30.3 Å². The van der Waals surface area contributed by atoms with E-state index in [-0.39, 0.29) is 21.4 Å². The number of esters is 2. The van der Waals surface area contributed by atoms with Gasteiger partial charge in [0.15, 0.2) is 5.69 Å². The van der Waals surface area contributed by atoms with Gasteiger partial charge < -0.3 is 9.47 Å². The number of carbonyl (C=O) groups is 2. The summed E-state index contributed by atoms with van der Waals surface area (Å²) >= 11 is 3.25. The Bertz CT molecular complexity index is 1150. The summed E-state index contributed by atoms with van der Waals surface area (Å²) in [7, 11) is -1.94. The molecule has 0 N–H and O–H groups in total. The lowest BCUT2D eigenvalue weighted by atomic mass is 10.1. The molecule has 0 saturated heterocycles. The third-order valence-corrected chi connectivity index (χ3v) is 6.21. The molecule has 0 radical (unpaired) electrons.